The first kappa shape index (κ1) is 16.9. The van der Waals surface area contributed by atoms with E-state index in [1.807, 2.05) is 0 Å². The highest BCUT2D eigenvalue weighted by atomic mass is 16.5. The van der Waals surface area contributed by atoms with Crippen LogP contribution in [-0.2, 0) is 11.3 Å². The van der Waals surface area contributed by atoms with Crippen LogP contribution in [0.2, 0.25) is 0 Å². The van der Waals surface area contributed by atoms with Crippen LogP contribution in [0.15, 0.2) is 30.3 Å². The zero-order valence-electron chi connectivity index (χ0n) is 13.9. The number of piperazine rings is 1. The molecule has 2 aliphatic heterocycles. The van der Waals surface area contributed by atoms with Gasteiger partial charge in [-0.25, -0.2) is 0 Å². The molecule has 0 amide bonds. The summed E-state index contributed by atoms with van der Waals surface area (Å²) in [5.74, 6) is 0. The van der Waals surface area contributed by atoms with Gasteiger partial charge in [0.2, 0.25) is 0 Å². The van der Waals surface area contributed by atoms with Crippen LogP contribution >= 0.6 is 0 Å². The van der Waals surface area contributed by atoms with Gasteiger partial charge < -0.3 is 9.84 Å². The molecule has 2 heterocycles. The standard InChI is InChI=1S/C18H29N3O2/c22-12-10-19-6-8-20(9-7-19)15-18-16-21(11-13-23-18)14-17-4-2-1-3-5-17/h1-5,18,22H,6-16H2. The Morgan fingerprint density at radius 2 is 1.70 bits per heavy atom. The van der Waals surface area contributed by atoms with Crippen molar-refractivity contribution in [3.8, 4) is 0 Å². The minimum absolute atomic E-state index is 0.264. The lowest BCUT2D eigenvalue weighted by atomic mass is 10.1. The van der Waals surface area contributed by atoms with Gasteiger partial charge in [-0.05, 0) is 5.56 Å². The summed E-state index contributed by atoms with van der Waals surface area (Å²) in [6.07, 6.45) is 0.317. The Morgan fingerprint density at radius 1 is 0.957 bits per heavy atom. The molecular weight excluding hydrogens is 290 g/mol. The van der Waals surface area contributed by atoms with Crippen molar-refractivity contribution in [2.75, 3.05) is 65.6 Å². The molecule has 2 fully saturated rings. The largest absolute Gasteiger partial charge is 0.395 e. The lowest BCUT2D eigenvalue weighted by Gasteiger charge is -2.39. The van der Waals surface area contributed by atoms with Crippen molar-refractivity contribution < 1.29 is 9.84 Å². The van der Waals surface area contributed by atoms with Crippen molar-refractivity contribution in [3.05, 3.63) is 35.9 Å². The molecule has 5 nitrogen and oxygen atoms in total. The summed E-state index contributed by atoms with van der Waals surface area (Å²) in [5, 5.41) is 9.01. The van der Waals surface area contributed by atoms with Gasteiger partial charge in [-0.2, -0.15) is 0 Å². The molecule has 2 saturated heterocycles. The van der Waals surface area contributed by atoms with E-state index in [-0.39, 0.29) is 6.61 Å². The molecule has 23 heavy (non-hydrogen) atoms. The Kier molecular flexibility index (Phi) is 6.42. The van der Waals surface area contributed by atoms with Gasteiger partial charge >= 0.3 is 0 Å². The van der Waals surface area contributed by atoms with E-state index in [1.54, 1.807) is 0 Å². The Labute approximate surface area is 139 Å². The number of hydrogen-bond acceptors (Lipinski definition) is 5. The predicted octanol–water partition coefficient (Wildman–Crippen LogP) is 0.497. The quantitative estimate of drug-likeness (QED) is 0.827. The van der Waals surface area contributed by atoms with Crippen molar-refractivity contribution in [1.82, 2.24) is 14.7 Å². The van der Waals surface area contributed by atoms with Crippen LogP contribution in [0.4, 0.5) is 0 Å². The number of rotatable bonds is 6. The second-order valence-corrected chi connectivity index (χ2v) is 6.58. The number of nitrogens with zero attached hydrogens (tertiary/aromatic N) is 3. The SMILES string of the molecule is OCCN1CCN(CC2CN(Cc3ccccc3)CCO2)CC1. The minimum atomic E-state index is 0.264. The number of β-amino-alcohol motifs (C(OH)–C–C–N with tert-alkyl or cyclic N) is 1. The van der Waals surface area contributed by atoms with Crippen molar-refractivity contribution in [2.24, 2.45) is 0 Å². The Hall–Kier alpha value is -0.980. The molecule has 0 aromatic heterocycles. The summed E-state index contributed by atoms with van der Waals surface area (Å²) < 4.78 is 5.99. The van der Waals surface area contributed by atoms with Gasteiger partial charge in [0, 0.05) is 58.9 Å². The fourth-order valence-electron chi connectivity index (χ4n) is 3.50. The zero-order valence-corrected chi connectivity index (χ0v) is 13.9. The molecule has 1 aromatic rings. The maximum Gasteiger partial charge on any atom is 0.0829 e. The zero-order chi connectivity index (χ0) is 15.9. The Morgan fingerprint density at radius 3 is 2.43 bits per heavy atom. The number of morpholine rings is 1. The maximum atomic E-state index is 9.01. The van der Waals surface area contributed by atoms with E-state index in [1.165, 1.54) is 5.56 Å². The van der Waals surface area contributed by atoms with Crippen LogP contribution < -0.4 is 0 Å². The van der Waals surface area contributed by atoms with Crippen LogP contribution in [0.1, 0.15) is 5.56 Å². The van der Waals surface area contributed by atoms with Gasteiger partial charge in [0.05, 0.1) is 19.3 Å². The van der Waals surface area contributed by atoms with E-state index in [2.05, 4.69) is 45.0 Å². The highest BCUT2D eigenvalue weighted by Gasteiger charge is 2.24. The fraction of sp³-hybridized carbons (Fsp3) is 0.667. The third kappa shape index (κ3) is 5.26. The van der Waals surface area contributed by atoms with E-state index in [0.717, 1.165) is 65.5 Å². The molecule has 0 radical (unpaired) electrons. The summed E-state index contributed by atoms with van der Waals surface area (Å²) in [6.45, 7) is 10.3. The molecule has 0 saturated carbocycles. The molecular formula is C18H29N3O2. The normalized spacial score (nSPS) is 24.8. The molecule has 2 aliphatic rings. The van der Waals surface area contributed by atoms with Gasteiger partial charge in [-0.15, -0.1) is 0 Å². The number of ether oxygens (including phenoxy) is 1. The third-order valence-electron chi connectivity index (χ3n) is 4.81. The molecule has 1 aromatic carbocycles. The molecule has 1 atom stereocenters. The van der Waals surface area contributed by atoms with E-state index in [4.69, 9.17) is 9.84 Å². The van der Waals surface area contributed by atoms with E-state index in [9.17, 15) is 0 Å². The van der Waals surface area contributed by atoms with Crippen LogP contribution in [0.25, 0.3) is 0 Å². The fourth-order valence-corrected chi connectivity index (χ4v) is 3.50. The van der Waals surface area contributed by atoms with Gasteiger partial charge in [-0.3, -0.25) is 14.7 Å². The Balaban J connectivity index is 1.42. The lowest BCUT2D eigenvalue weighted by Crippen LogP contribution is -2.52. The first-order chi connectivity index (χ1) is 11.3. The molecule has 5 heteroatoms. The molecule has 128 valence electrons. The lowest BCUT2D eigenvalue weighted by molar-refractivity contribution is -0.0508. The first-order valence-corrected chi connectivity index (χ1v) is 8.77. The van der Waals surface area contributed by atoms with Gasteiger partial charge in [0.1, 0.15) is 0 Å². The maximum absolute atomic E-state index is 9.01. The smallest absolute Gasteiger partial charge is 0.0829 e. The Bertz CT molecular complexity index is 449. The van der Waals surface area contributed by atoms with E-state index >= 15 is 0 Å². The molecule has 0 aliphatic carbocycles. The summed E-state index contributed by atoms with van der Waals surface area (Å²) >= 11 is 0. The summed E-state index contributed by atoms with van der Waals surface area (Å²) in [5.41, 5.74) is 1.38. The van der Waals surface area contributed by atoms with Crippen molar-refractivity contribution >= 4 is 0 Å². The van der Waals surface area contributed by atoms with Crippen LogP contribution in [0.3, 0.4) is 0 Å². The number of benzene rings is 1. The van der Waals surface area contributed by atoms with Gasteiger partial charge in [0.15, 0.2) is 0 Å². The highest BCUT2D eigenvalue weighted by Crippen LogP contribution is 2.12. The number of hydrogen-bond donors (Lipinski definition) is 1. The van der Waals surface area contributed by atoms with Crippen molar-refractivity contribution in [1.29, 1.82) is 0 Å². The highest BCUT2D eigenvalue weighted by molar-refractivity contribution is 5.14. The topological polar surface area (TPSA) is 39.2 Å². The van der Waals surface area contributed by atoms with Crippen molar-refractivity contribution in [3.63, 3.8) is 0 Å². The molecule has 0 spiro atoms. The van der Waals surface area contributed by atoms with E-state index in [0.29, 0.717) is 6.10 Å². The minimum Gasteiger partial charge on any atom is -0.395 e. The molecule has 0 bridgehead atoms. The van der Waals surface area contributed by atoms with Crippen molar-refractivity contribution in [2.45, 2.75) is 12.6 Å². The first-order valence-electron chi connectivity index (χ1n) is 8.77. The second kappa shape index (κ2) is 8.76. The van der Waals surface area contributed by atoms with Gasteiger partial charge in [-0.1, -0.05) is 30.3 Å². The predicted molar refractivity (Wildman–Crippen MR) is 91.4 cm³/mol. The van der Waals surface area contributed by atoms with E-state index < -0.39 is 0 Å². The average molecular weight is 319 g/mol. The van der Waals surface area contributed by atoms with Gasteiger partial charge in [0.25, 0.3) is 0 Å². The third-order valence-corrected chi connectivity index (χ3v) is 4.81. The van der Waals surface area contributed by atoms with Crippen LogP contribution in [0, 0.1) is 0 Å². The molecule has 1 N–H and O–H groups in total. The molecule has 1 unspecified atom stereocenters. The van der Waals surface area contributed by atoms with Crippen LogP contribution in [-0.4, -0.2) is 91.5 Å². The summed E-state index contributed by atoms with van der Waals surface area (Å²) in [7, 11) is 0. The average Bonchev–Trinajstić information content (AvgIpc) is 2.58. The number of aliphatic hydroxyl groups excluding tert-OH is 1. The second-order valence-electron chi connectivity index (χ2n) is 6.58. The van der Waals surface area contributed by atoms with Crippen LogP contribution in [0.5, 0.6) is 0 Å². The number of aliphatic hydroxyl groups is 1. The summed E-state index contributed by atoms with van der Waals surface area (Å²) in [4.78, 5) is 7.34. The molecule has 3 rings (SSSR count). The summed E-state index contributed by atoms with van der Waals surface area (Å²) in [6, 6.07) is 10.7. The monoisotopic (exact) mass is 319 g/mol.